The molecule has 0 saturated carbocycles. The molecule has 0 saturated heterocycles. The number of hydrogen-bond acceptors (Lipinski definition) is 3. The molecule has 1 aliphatic heterocycles. The van der Waals surface area contributed by atoms with Crippen LogP contribution in [0, 0.1) is 6.92 Å². The van der Waals surface area contributed by atoms with Gasteiger partial charge in [-0.2, -0.15) is 0 Å². The molecule has 27 heavy (non-hydrogen) atoms. The van der Waals surface area contributed by atoms with Gasteiger partial charge in [-0.25, -0.2) is 0 Å². The first-order valence-corrected chi connectivity index (χ1v) is 9.10. The summed E-state index contributed by atoms with van der Waals surface area (Å²) in [5.74, 6) is 0.479. The minimum Gasteiger partial charge on any atom is -0.454 e. The normalized spacial score (nSPS) is 12.1. The number of hydrogen-bond donors (Lipinski definition) is 2. The molecule has 5 nitrogen and oxygen atoms in total. The highest BCUT2D eigenvalue weighted by atomic mass is 79.9. The topological polar surface area (TPSA) is 67.4 Å². The SMILES string of the molecule is Cc1ccc2c(c1)NC(=O)c1cc(NC(=O)c3cccc(Br)c3)ccc1O2. The molecule has 3 aromatic carbocycles. The van der Waals surface area contributed by atoms with Gasteiger partial charge in [-0.3, -0.25) is 9.59 Å². The van der Waals surface area contributed by atoms with E-state index in [-0.39, 0.29) is 11.8 Å². The van der Waals surface area contributed by atoms with Crippen LogP contribution < -0.4 is 15.4 Å². The van der Waals surface area contributed by atoms with Gasteiger partial charge in [0.15, 0.2) is 5.75 Å². The molecular formula is C21H15BrN2O3. The Morgan fingerprint density at radius 3 is 2.67 bits per heavy atom. The van der Waals surface area contributed by atoms with Crippen molar-refractivity contribution in [3.05, 3.63) is 81.8 Å². The van der Waals surface area contributed by atoms with Crippen molar-refractivity contribution in [3.63, 3.8) is 0 Å². The van der Waals surface area contributed by atoms with Crippen molar-refractivity contribution >= 4 is 39.1 Å². The fourth-order valence-corrected chi connectivity index (χ4v) is 3.25. The summed E-state index contributed by atoms with van der Waals surface area (Å²) in [6.07, 6.45) is 0. The number of nitrogens with one attached hydrogen (secondary N) is 2. The number of anilines is 2. The third-order valence-corrected chi connectivity index (χ3v) is 4.67. The molecule has 1 heterocycles. The molecule has 2 N–H and O–H groups in total. The Hall–Kier alpha value is -3.12. The molecule has 134 valence electrons. The zero-order valence-corrected chi connectivity index (χ0v) is 16.0. The first-order valence-electron chi connectivity index (χ1n) is 8.30. The van der Waals surface area contributed by atoms with E-state index >= 15 is 0 Å². The number of aryl methyl sites for hydroxylation is 1. The van der Waals surface area contributed by atoms with E-state index in [1.165, 1.54) is 0 Å². The van der Waals surface area contributed by atoms with Gasteiger partial charge in [-0.05, 0) is 61.0 Å². The van der Waals surface area contributed by atoms with Crippen LogP contribution in [0.1, 0.15) is 26.3 Å². The van der Waals surface area contributed by atoms with E-state index in [0.29, 0.717) is 34.0 Å². The summed E-state index contributed by atoms with van der Waals surface area (Å²) in [5, 5.41) is 5.67. The number of benzene rings is 3. The summed E-state index contributed by atoms with van der Waals surface area (Å²) in [7, 11) is 0. The number of rotatable bonds is 2. The third-order valence-electron chi connectivity index (χ3n) is 4.17. The number of halogens is 1. The molecular weight excluding hydrogens is 408 g/mol. The average Bonchev–Trinajstić information content (AvgIpc) is 2.77. The maximum Gasteiger partial charge on any atom is 0.259 e. The molecule has 0 bridgehead atoms. The lowest BCUT2D eigenvalue weighted by atomic mass is 10.1. The minimum atomic E-state index is -0.284. The summed E-state index contributed by atoms with van der Waals surface area (Å²) >= 11 is 3.35. The van der Waals surface area contributed by atoms with E-state index in [0.717, 1.165) is 10.0 Å². The molecule has 3 aromatic rings. The van der Waals surface area contributed by atoms with E-state index in [1.54, 1.807) is 36.4 Å². The lowest BCUT2D eigenvalue weighted by Gasteiger charge is -2.10. The molecule has 0 unspecified atom stereocenters. The highest BCUT2D eigenvalue weighted by Gasteiger charge is 2.21. The van der Waals surface area contributed by atoms with Crippen molar-refractivity contribution in [1.29, 1.82) is 0 Å². The number of ether oxygens (including phenoxy) is 1. The number of carbonyl (C=O) groups is 2. The van der Waals surface area contributed by atoms with E-state index in [4.69, 9.17) is 4.74 Å². The van der Waals surface area contributed by atoms with E-state index in [9.17, 15) is 9.59 Å². The van der Waals surface area contributed by atoms with Crippen molar-refractivity contribution in [2.24, 2.45) is 0 Å². The third kappa shape index (κ3) is 3.57. The lowest BCUT2D eigenvalue weighted by Crippen LogP contribution is -2.14. The van der Waals surface area contributed by atoms with E-state index in [1.807, 2.05) is 31.2 Å². The maximum atomic E-state index is 12.6. The Labute approximate surface area is 164 Å². The average molecular weight is 423 g/mol. The number of amides is 2. The highest BCUT2D eigenvalue weighted by Crippen LogP contribution is 2.37. The maximum absolute atomic E-state index is 12.6. The van der Waals surface area contributed by atoms with Crippen LogP contribution in [0.3, 0.4) is 0 Å². The first kappa shape index (κ1) is 17.3. The van der Waals surface area contributed by atoms with Crippen LogP contribution in [0.5, 0.6) is 11.5 Å². The molecule has 0 fully saturated rings. The first-order chi connectivity index (χ1) is 13.0. The van der Waals surface area contributed by atoms with Crippen molar-refractivity contribution in [2.75, 3.05) is 10.6 Å². The summed E-state index contributed by atoms with van der Waals surface area (Å²) in [6, 6.07) is 17.7. The molecule has 2 amide bonds. The second-order valence-corrected chi connectivity index (χ2v) is 7.15. The van der Waals surface area contributed by atoms with Crippen LogP contribution in [0.15, 0.2) is 65.1 Å². The Bertz CT molecular complexity index is 1080. The van der Waals surface area contributed by atoms with Gasteiger partial charge < -0.3 is 15.4 Å². The van der Waals surface area contributed by atoms with Gasteiger partial charge >= 0.3 is 0 Å². The predicted molar refractivity (Wildman–Crippen MR) is 108 cm³/mol. The molecule has 4 rings (SSSR count). The van der Waals surface area contributed by atoms with Crippen LogP contribution in [-0.4, -0.2) is 11.8 Å². The Balaban J connectivity index is 1.63. The summed E-state index contributed by atoms with van der Waals surface area (Å²) in [6.45, 7) is 1.94. The summed E-state index contributed by atoms with van der Waals surface area (Å²) in [5.41, 5.74) is 3.03. The molecule has 1 aliphatic rings. The Kier molecular flexibility index (Phi) is 4.41. The van der Waals surface area contributed by atoms with Gasteiger partial charge in [0.25, 0.3) is 11.8 Å². The largest absolute Gasteiger partial charge is 0.454 e. The summed E-state index contributed by atoms with van der Waals surface area (Å²) in [4.78, 5) is 25.1. The molecule has 0 radical (unpaired) electrons. The second-order valence-electron chi connectivity index (χ2n) is 6.23. The smallest absolute Gasteiger partial charge is 0.259 e. The Morgan fingerprint density at radius 2 is 1.85 bits per heavy atom. The van der Waals surface area contributed by atoms with Crippen LogP contribution in [0.2, 0.25) is 0 Å². The van der Waals surface area contributed by atoms with Gasteiger partial charge in [-0.15, -0.1) is 0 Å². The standard InChI is InChI=1S/C21H15BrN2O3/c1-12-5-7-19-17(9-12)24-21(26)16-11-15(6-8-18(16)27-19)23-20(25)13-3-2-4-14(22)10-13/h2-11H,1H3,(H,23,25)(H,24,26). The van der Waals surface area contributed by atoms with E-state index < -0.39 is 0 Å². The fraction of sp³-hybridized carbons (Fsp3) is 0.0476. The van der Waals surface area contributed by atoms with Crippen LogP contribution in [0.4, 0.5) is 11.4 Å². The fourth-order valence-electron chi connectivity index (χ4n) is 2.85. The Morgan fingerprint density at radius 1 is 1.04 bits per heavy atom. The van der Waals surface area contributed by atoms with Gasteiger partial charge in [0.05, 0.1) is 11.3 Å². The molecule has 0 aliphatic carbocycles. The van der Waals surface area contributed by atoms with Gasteiger partial charge in [0, 0.05) is 15.7 Å². The lowest BCUT2D eigenvalue weighted by molar-refractivity contribution is 0.101. The number of fused-ring (bicyclic) bond motifs is 2. The van der Waals surface area contributed by atoms with Crippen LogP contribution in [-0.2, 0) is 0 Å². The van der Waals surface area contributed by atoms with Gasteiger partial charge in [0.1, 0.15) is 5.75 Å². The summed E-state index contributed by atoms with van der Waals surface area (Å²) < 4.78 is 6.70. The molecule has 0 spiro atoms. The van der Waals surface area contributed by atoms with Crippen molar-refractivity contribution in [1.82, 2.24) is 0 Å². The quantitative estimate of drug-likeness (QED) is 0.583. The monoisotopic (exact) mass is 422 g/mol. The second kappa shape index (κ2) is 6.89. The molecule has 0 atom stereocenters. The van der Waals surface area contributed by atoms with Crippen molar-refractivity contribution in [2.45, 2.75) is 6.92 Å². The van der Waals surface area contributed by atoms with Crippen molar-refractivity contribution in [3.8, 4) is 11.5 Å². The minimum absolute atomic E-state index is 0.259. The van der Waals surface area contributed by atoms with Gasteiger partial charge in [-0.1, -0.05) is 28.1 Å². The highest BCUT2D eigenvalue weighted by molar-refractivity contribution is 9.10. The zero-order chi connectivity index (χ0) is 19.0. The van der Waals surface area contributed by atoms with Crippen LogP contribution >= 0.6 is 15.9 Å². The van der Waals surface area contributed by atoms with Crippen molar-refractivity contribution < 1.29 is 14.3 Å². The number of carbonyl (C=O) groups excluding carboxylic acids is 2. The molecule has 0 aromatic heterocycles. The van der Waals surface area contributed by atoms with Gasteiger partial charge in [0.2, 0.25) is 0 Å². The molecule has 6 heteroatoms. The zero-order valence-electron chi connectivity index (χ0n) is 14.4. The van der Waals surface area contributed by atoms with E-state index in [2.05, 4.69) is 26.6 Å². The van der Waals surface area contributed by atoms with Crippen LogP contribution in [0.25, 0.3) is 0 Å². The predicted octanol–water partition coefficient (Wildman–Crippen LogP) is 5.37.